The summed E-state index contributed by atoms with van der Waals surface area (Å²) in [6.07, 6.45) is 3.75. The minimum atomic E-state index is -0.998. The lowest BCUT2D eigenvalue weighted by Gasteiger charge is -2.22. The number of hydrogen-bond acceptors (Lipinski definition) is 7. The van der Waals surface area contributed by atoms with Gasteiger partial charge in [0.25, 0.3) is 0 Å². The van der Waals surface area contributed by atoms with Gasteiger partial charge in [-0.1, -0.05) is 42.5 Å². The van der Waals surface area contributed by atoms with Crippen LogP contribution in [0.2, 0.25) is 0 Å². The van der Waals surface area contributed by atoms with E-state index in [0.717, 1.165) is 16.7 Å². The predicted octanol–water partition coefficient (Wildman–Crippen LogP) is 4.15. The summed E-state index contributed by atoms with van der Waals surface area (Å²) in [4.78, 5) is 38.5. The fraction of sp³-hybridized carbons (Fsp3) is 0.259. The summed E-state index contributed by atoms with van der Waals surface area (Å²) in [6.45, 7) is 2.36. The Kier molecular flexibility index (Phi) is 8.29. The fourth-order valence-corrected chi connectivity index (χ4v) is 4.78. The first-order chi connectivity index (χ1) is 17.9. The van der Waals surface area contributed by atoms with Crippen LogP contribution in [0.5, 0.6) is 0 Å². The van der Waals surface area contributed by atoms with Gasteiger partial charge in [-0.05, 0) is 54.2 Å². The lowest BCUT2D eigenvalue weighted by atomic mass is 10.0. The largest absolute Gasteiger partial charge is 0.458 e. The van der Waals surface area contributed by atoms with Crippen LogP contribution < -0.4 is 15.5 Å². The van der Waals surface area contributed by atoms with Crippen molar-refractivity contribution in [2.24, 2.45) is 0 Å². The smallest absolute Gasteiger partial charge is 0.415 e. The average Bonchev–Trinajstić information content (AvgIpc) is 3.30. The molecule has 10 heteroatoms. The second kappa shape index (κ2) is 11.8. The molecule has 37 heavy (non-hydrogen) atoms. The van der Waals surface area contributed by atoms with Gasteiger partial charge >= 0.3 is 18.1 Å². The van der Waals surface area contributed by atoms with Crippen molar-refractivity contribution in [3.63, 3.8) is 0 Å². The Balaban J connectivity index is 1.27. The highest BCUT2D eigenvalue weighted by Crippen LogP contribution is 2.25. The van der Waals surface area contributed by atoms with Crippen LogP contribution in [0.3, 0.4) is 0 Å². The summed E-state index contributed by atoms with van der Waals surface area (Å²) in [5, 5.41) is 13.6. The number of urea groups is 1. The van der Waals surface area contributed by atoms with E-state index < -0.39 is 18.2 Å². The third-order valence-corrected chi connectivity index (χ3v) is 7.09. The summed E-state index contributed by atoms with van der Waals surface area (Å²) in [6, 6.07) is 16.0. The SMILES string of the molecule is CSC1C(=N)C=CC(NC(=O)NCc2ccc(N3CC(C(=O)OCc4ccccc4)OC3=O)cc2)=C1C. The Morgan fingerprint density at radius 1 is 1.11 bits per heavy atom. The lowest BCUT2D eigenvalue weighted by Crippen LogP contribution is -2.36. The Morgan fingerprint density at radius 2 is 1.84 bits per heavy atom. The molecular formula is C27H28N4O5S. The number of nitrogens with zero attached hydrogens (tertiary/aromatic N) is 1. The second-order valence-corrected chi connectivity index (χ2v) is 9.49. The minimum Gasteiger partial charge on any atom is -0.458 e. The number of carbonyl (C=O) groups is 3. The molecule has 1 heterocycles. The zero-order valence-electron chi connectivity index (χ0n) is 20.5. The van der Waals surface area contributed by atoms with Crippen LogP contribution in [0.4, 0.5) is 15.3 Å². The van der Waals surface area contributed by atoms with Gasteiger partial charge in [-0.2, -0.15) is 11.8 Å². The van der Waals surface area contributed by atoms with E-state index in [2.05, 4.69) is 10.6 Å². The van der Waals surface area contributed by atoms with Gasteiger partial charge in [0, 0.05) is 23.6 Å². The molecule has 2 atom stereocenters. The van der Waals surface area contributed by atoms with E-state index in [1.807, 2.05) is 43.5 Å². The Hall–Kier alpha value is -4.05. The number of anilines is 1. The number of hydrogen-bond donors (Lipinski definition) is 3. The molecule has 192 valence electrons. The number of esters is 1. The van der Waals surface area contributed by atoms with Crippen LogP contribution in [-0.2, 0) is 27.4 Å². The Bertz CT molecular complexity index is 1240. The van der Waals surface area contributed by atoms with Gasteiger partial charge < -0.3 is 25.5 Å². The van der Waals surface area contributed by atoms with Crippen molar-refractivity contribution in [3.05, 3.63) is 89.1 Å². The molecule has 2 unspecified atom stereocenters. The lowest BCUT2D eigenvalue weighted by molar-refractivity contribution is -0.152. The van der Waals surface area contributed by atoms with Crippen LogP contribution in [-0.4, -0.2) is 48.0 Å². The first-order valence-electron chi connectivity index (χ1n) is 11.7. The van der Waals surface area contributed by atoms with Gasteiger partial charge in [-0.25, -0.2) is 14.4 Å². The molecule has 1 fully saturated rings. The summed E-state index contributed by atoms with van der Waals surface area (Å²) in [5.74, 6) is -0.592. The van der Waals surface area contributed by atoms with E-state index in [4.69, 9.17) is 14.9 Å². The molecule has 0 radical (unpaired) electrons. The molecule has 4 rings (SSSR count). The molecule has 0 spiro atoms. The van der Waals surface area contributed by atoms with Crippen molar-refractivity contribution < 1.29 is 23.9 Å². The number of nitrogens with one attached hydrogen (secondary N) is 3. The molecule has 9 nitrogen and oxygen atoms in total. The van der Waals surface area contributed by atoms with E-state index >= 15 is 0 Å². The number of benzene rings is 2. The van der Waals surface area contributed by atoms with Gasteiger partial charge in [-0.3, -0.25) is 4.90 Å². The zero-order chi connectivity index (χ0) is 26.4. The summed E-state index contributed by atoms with van der Waals surface area (Å²) < 4.78 is 10.5. The zero-order valence-corrected chi connectivity index (χ0v) is 21.3. The van der Waals surface area contributed by atoms with Gasteiger partial charge in [0.2, 0.25) is 6.10 Å². The van der Waals surface area contributed by atoms with Crippen LogP contribution in [0.15, 0.2) is 78.0 Å². The maximum atomic E-state index is 12.4. The predicted molar refractivity (Wildman–Crippen MR) is 143 cm³/mol. The number of amides is 3. The molecule has 2 aromatic carbocycles. The Labute approximate surface area is 219 Å². The van der Waals surface area contributed by atoms with Crippen LogP contribution >= 0.6 is 11.8 Å². The summed E-state index contributed by atoms with van der Waals surface area (Å²) in [7, 11) is 0. The monoisotopic (exact) mass is 520 g/mol. The minimum absolute atomic E-state index is 0.0585. The molecule has 0 bridgehead atoms. The van der Waals surface area contributed by atoms with E-state index in [1.165, 1.54) is 4.90 Å². The molecule has 2 aliphatic rings. The van der Waals surface area contributed by atoms with Gasteiger partial charge in [-0.15, -0.1) is 0 Å². The standard InChI is InChI=1S/C27H28N4O5S/c1-17-22(13-12-21(28)24(17)37-2)30-26(33)29-14-18-8-10-20(11-9-18)31-15-23(36-27(31)34)25(32)35-16-19-6-4-3-5-7-19/h3-13,23-24,28H,14-16H2,1-2H3,(H2,29,30,33). The summed E-state index contributed by atoms with van der Waals surface area (Å²) in [5.41, 5.74) is 4.39. The molecule has 0 saturated carbocycles. The third-order valence-electron chi connectivity index (χ3n) is 6.01. The first kappa shape index (κ1) is 26.0. The number of thioether (sulfide) groups is 1. The normalized spacial score (nSPS) is 19.0. The quantitative estimate of drug-likeness (QED) is 0.450. The van der Waals surface area contributed by atoms with E-state index in [9.17, 15) is 14.4 Å². The number of cyclic esters (lactones) is 1. The molecule has 1 saturated heterocycles. The topological polar surface area (TPSA) is 121 Å². The molecule has 3 N–H and O–H groups in total. The van der Waals surface area contributed by atoms with Crippen molar-refractivity contribution in [2.75, 3.05) is 17.7 Å². The third kappa shape index (κ3) is 6.39. The molecule has 0 aromatic heterocycles. The Morgan fingerprint density at radius 3 is 2.54 bits per heavy atom. The van der Waals surface area contributed by atoms with Crippen molar-refractivity contribution in [2.45, 2.75) is 31.4 Å². The van der Waals surface area contributed by atoms with E-state index in [-0.39, 0.29) is 31.0 Å². The molecule has 1 aliphatic carbocycles. The number of ether oxygens (including phenoxy) is 2. The van der Waals surface area contributed by atoms with E-state index in [1.54, 1.807) is 48.2 Å². The maximum Gasteiger partial charge on any atom is 0.415 e. The van der Waals surface area contributed by atoms with Crippen molar-refractivity contribution in [1.29, 1.82) is 5.41 Å². The molecule has 3 amide bonds. The average molecular weight is 521 g/mol. The van der Waals surface area contributed by atoms with Gasteiger partial charge in [0.1, 0.15) is 6.61 Å². The van der Waals surface area contributed by atoms with Crippen molar-refractivity contribution in [3.8, 4) is 0 Å². The van der Waals surface area contributed by atoms with Crippen LogP contribution in [0.1, 0.15) is 18.1 Å². The highest BCUT2D eigenvalue weighted by atomic mass is 32.2. The molecule has 2 aromatic rings. The maximum absolute atomic E-state index is 12.4. The summed E-state index contributed by atoms with van der Waals surface area (Å²) >= 11 is 1.55. The molecular weight excluding hydrogens is 492 g/mol. The number of rotatable bonds is 8. The van der Waals surface area contributed by atoms with Crippen molar-refractivity contribution in [1.82, 2.24) is 10.6 Å². The van der Waals surface area contributed by atoms with Gasteiger partial charge in [0.15, 0.2) is 0 Å². The van der Waals surface area contributed by atoms with E-state index in [0.29, 0.717) is 17.1 Å². The fourth-order valence-electron chi connectivity index (χ4n) is 3.97. The highest BCUT2D eigenvalue weighted by Gasteiger charge is 2.38. The first-order valence-corrected chi connectivity index (χ1v) is 13.0. The van der Waals surface area contributed by atoms with Crippen LogP contribution in [0.25, 0.3) is 0 Å². The van der Waals surface area contributed by atoms with Gasteiger partial charge in [0.05, 0.1) is 11.8 Å². The number of allylic oxidation sites excluding steroid dienone is 2. The van der Waals surface area contributed by atoms with Crippen molar-refractivity contribution >= 4 is 41.3 Å². The number of carbonyl (C=O) groups excluding carboxylic acids is 3. The van der Waals surface area contributed by atoms with Crippen LogP contribution in [0, 0.1) is 5.41 Å². The highest BCUT2D eigenvalue weighted by molar-refractivity contribution is 8.00. The second-order valence-electron chi connectivity index (χ2n) is 8.55. The molecule has 1 aliphatic heterocycles.